The van der Waals surface area contributed by atoms with Crippen LogP contribution in [-0.2, 0) is 6.18 Å². The van der Waals surface area contributed by atoms with E-state index in [4.69, 9.17) is 5.73 Å². The maximum absolute atomic E-state index is 13.8. The lowest BCUT2D eigenvalue weighted by molar-refractivity contribution is -0.137. The van der Waals surface area contributed by atoms with Gasteiger partial charge in [-0.15, -0.1) is 0 Å². The smallest absolute Gasteiger partial charge is 0.323 e. The standard InChI is InChI=1S/C13H13F4N3/c1-2-10(18)12-6-19-7-20(12)11-5-8(13(15,16)17)3-4-9(11)14/h3-7,10H,2,18H2,1H3/t10-/m1/s1. The second kappa shape index (κ2) is 5.24. The Balaban J connectivity index is 2.55. The molecular formula is C13H13F4N3. The van der Waals surface area contributed by atoms with Crippen molar-refractivity contribution in [2.75, 3.05) is 0 Å². The number of hydrogen-bond donors (Lipinski definition) is 1. The normalized spacial score (nSPS) is 13.5. The van der Waals surface area contributed by atoms with Crippen molar-refractivity contribution in [1.82, 2.24) is 9.55 Å². The number of alkyl halides is 3. The van der Waals surface area contributed by atoms with E-state index < -0.39 is 23.6 Å². The second-order valence-electron chi connectivity index (χ2n) is 4.37. The summed E-state index contributed by atoms with van der Waals surface area (Å²) in [6.07, 6.45) is -1.29. The molecule has 0 aliphatic rings. The average molecular weight is 287 g/mol. The van der Waals surface area contributed by atoms with Crippen molar-refractivity contribution < 1.29 is 17.6 Å². The van der Waals surface area contributed by atoms with Gasteiger partial charge in [-0.1, -0.05) is 6.92 Å². The highest BCUT2D eigenvalue weighted by Crippen LogP contribution is 2.32. The summed E-state index contributed by atoms with van der Waals surface area (Å²) in [6, 6.07) is 1.82. The van der Waals surface area contributed by atoms with Crippen LogP contribution >= 0.6 is 0 Å². The molecule has 2 aromatic rings. The van der Waals surface area contributed by atoms with Gasteiger partial charge in [0.2, 0.25) is 0 Å². The summed E-state index contributed by atoms with van der Waals surface area (Å²) >= 11 is 0. The third kappa shape index (κ3) is 2.67. The summed E-state index contributed by atoms with van der Waals surface area (Å²) in [5, 5.41) is 0. The molecule has 0 bridgehead atoms. The van der Waals surface area contributed by atoms with Gasteiger partial charge >= 0.3 is 6.18 Å². The lowest BCUT2D eigenvalue weighted by Gasteiger charge is -2.15. The van der Waals surface area contributed by atoms with Crippen molar-refractivity contribution in [2.45, 2.75) is 25.6 Å². The molecule has 0 fully saturated rings. The first-order chi connectivity index (χ1) is 9.34. The molecule has 1 atom stereocenters. The average Bonchev–Trinajstić information content (AvgIpc) is 2.86. The predicted octanol–water partition coefficient (Wildman–Crippen LogP) is 3.44. The minimum Gasteiger partial charge on any atom is -0.323 e. The SMILES string of the molecule is CC[C@@H](N)c1cncn1-c1cc(C(F)(F)F)ccc1F. The predicted molar refractivity (Wildman–Crippen MR) is 65.7 cm³/mol. The lowest BCUT2D eigenvalue weighted by atomic mass is 10.1. The number of imidazole rings is 1. The third-order valence-corrected chi connectivity index (χ3v) is 3.02. The molecule has 1 aromatic heterocycles. The Bertz CT molecular complexity index is 604. The molecule has 1 heterocycles. The molecule has 7 heteroatoms. The van der Waals surface area contributed by atoms with E-state index in [2.05, 4.69) is 4.98 Å². The first-order valence-corrected chi connectivity index (χ1v) is 5.99. The number of hydrogen-bond acceptors (Lipinski definition) is 2. The van der Waals surface area contributed by atoms with Crippen LogP contribution in [-0.4, -0.2) is 9.55 Å². The molecule has 0 unspecified atom stereocenters. The van der Waals surface area contributed by atoms with Crippen LogP contribution in [0.1, 0.15) is 30.6 Å². The zero-order chi connectivity index (χ0) is 14.9. The fourth-order valence-electron chi connectivity index (χ4n) is 1.86. The molecule has 0 spiro atoms. The molecule has 0 aliphatic carbocycles. The maximum atomic E-state index is 13.8. The maximum Gasteiger partial charge on any atom is 0.416 e. The van der Waals surface area contributed by atoms with Crippen LogP contribution in [0.15, 0.2) is 30.7 Å². The van der Waals surface area contributed by atoms with E-state index in [1.807, 2.05) is 6.92 Å². The molecular weight excluding hydrogens is 274 g/mol. The summed E-state index contributed by atoms with van der Waals surface area (Å²) in [5.74, 6) is -0.763. The van der Waals surface area contributed by atoms with Gasteiger partial charge in [-0.3, -0.25) is 4.57 Å². The van der Waals surface area contributed by atoms with Gasteiger partial charge < -0.3 is 5.73 Å². The van der Waals surface area contributed by atoms with Crippen LogP contribution in [0.25, 0.3) is 5.69 Å². The fraction of sp³-hybridized carbons (Fsp3) is 0.308. The summed E-state index contributed by atoms with van der Waals surface area (Å²) in [7, 11) is 0. The molecule has 3 nitrogen and oxygen atoms in total. The molecule has 0 amide bonds. The summed E-state index contributed by atoms with van der Waals surface area (Å²) in [6.45, 7) is 1.82. The van der Waals surface area contributed by atoms with E-state index in [-0.39, 0.29) is 5.69 Å². The van der Waals surface area contributed by atoms with E-state index in [1.54, 1.807) is 0 Å². The van der Waals surface area contributed by atoms with E-state index in [9.17, 15) is 17.6 Å². The zero-order valence-electron chi connectivity index (χ0n) is 10.7. The van der Waals surface area contributed by atoms with Gasteiger partial charge in [-0.2, -0.15) is 13.2 Å². The van der Waals surface area contributed by atoms with E-state index >= 15 is 0 Å². The van der Waals surface area contributed by atoms with E-state index in [0.717, 1.165) is 12.1 Å². The first kappa shape index (κ1) is 14.5. The molecule has 2 rings (SSSR count). The minimum atomic E-state index is -4.53. The molecule has 0 saturated heterocycles. The first-order valence-electron chi connectivity index (χ1n) is 5.99. The van der Waals surface area contributed by atoms with Crippen molar-refractivity contribution in [2.24, 2.45) is 5.73 Å². The van der Waals surface area contributed by atoms with Gasteiger partial charge in [0.25, 0.3) is 0 Å². The van der Waals surface area contributed by atoms with E-state index in [1.165, 1.54) is 17.1 Å². The van der Waals surface area contributed by atoms with Crippen LogP contribution in [0.4, 0.5) is 17.6 Å². The summed E-state index contributed by atoms with van der Waals surface area (Å²) in [5.41, 5.74) is 5.18. The summed E-state index contributed by atoms with van der Waals surface area (Å²) in [4.78, 5) is 3.84. The highest BCUT2D eigenvalue weighted by Gasteiger charge is 2.31. The Morgan fingerprint density at radius 1 is 1.35 bits per heavy atom. The lowest BCUT2D eigenvalue weighted by Crippen LogP contribution is -2.15. The quantitative estimate of drug-likeness (QED) is 0.879. The van der Waals surface area contributed by atoms with Crippen molar-refractivity contribution in [3.63, 3.8) is 0 Å². The zero-order valence-corrected chi connectivity index (χ0v) is 10.7. The Hall–Kier alpha value is -1.89. The molecule has 0 aliphatic heterocycles. The monoisotopic (exact) mass is 287 g/mol. The molecule has 20 heavy (non-hydrogen) atoms. The minimum absolute atomic E-state index is 0.212. The van der Waals surface area contributed by atoms with Crippen LogP contribution in [0.3, 0.4) is 0 Å². The number of rotatable bonds is 3. The Morgan fingerprint density at radius 2 is 2.05 bits per heavy atom. The summed E-state index contributed by atoms with van der Waals surface area (Å²) < 4.78 is 53.1. The van der Waals surface area contributed by atoms with Crippen molar-refractivity contribution in [1.29, 1.82) is 0 Å². The van der Waals surface area contributed by atoms with Crippen LogP contribution in [0, 0.1) is 5.82 Å². The number of nitrogens with zero attached hydrogens (tertiary/aromatic N) is 2. The number of benzene rings is 1. The Kier molecular flexibility index (Phi) is 3.80. The topological polar surface area (TPSA) is 43.8 Å². The third-order valence-electron chi connectivity index (χ3n) is 3.02. The van der Waals surface area contributed by atoms with Crippen LogP contribution < -0.4 is 5.73 Å². The van der Waals surface area contributed by atoms with Crippen molar-refractivity contribution in [3.05, 3.63) is 47.8 Å². The van der Waals surface area contributed by atoms with Crippen LogP contribution in [0.5, 0.6) is 0 Å². The van der Waals surface area contributed by atoms with E-state index in [0.29, 0.717) is 18.2 Å². The molecule has 0 saturated carbocycles. The van der Waals surface area contributed by atoms with Gasteiger partial charge in [-0.25, -0.2) is 9.37 Å². The Labute approximate surface area is 113 Å². The van der Waals surface area contributed by atoms with Crippen molar-refractivity contribution in [3.8, 4) is 5.69 Å². The molecule has 2 N–H and O–H groups in total. The highest BCUT2D eigenvalue weighted by molar-refractivity contribution is 5.40. The van der Waals surface area contributed by atoms with Gasteiger partial charge in [0, 0.05) is 6.04 Å². The van der Waals surface area contributed by atoms with Gasteiger partial charge in [-0.05, 0) is 24.6 Å². The second-order valence-corrected chi connectivity index (χ2v) is 4.37. The largest absolute Gasteiger partial charge is 0.416 e. The van der Waals surface area contributed by atoms with Gasteiger partial charge in [0.1, 0.15) is 5.82 Å². The Morgan fingerprint density at radius 3 is 2.65 bits per heavy atom. The van der Waals surface area contributed by atoms with Crippen molar-refractivity contribution >= 4 is 0 Å². The number of halogens is 4. The van der Waals surface area contributed by atoms with Crippen LogP contribution in [0.2, 0.25) is 0 Å². The molecule has 1 aromatic carbocycles. The number of aromatic nitrogens is 2. The number of nitrogens with two attached hydrogens (primary N) is 1. The van der Waals surface area contributed by atoms with Gasteiger partial charge in [0.15, 0.2) is 0 Å². The molecule has 108 valence electrons. The van der Waals surface area contributed by atoms with Gasteiger partial charge in [0.05, 0.1) is 29.5 Å². The fourth-order valence-corrected chi connectivity index (χ4v) is 1.86. The highest BCUT2D eigenvalue weighted by atomic mass is 19.4. The molecule has 0 radical (unpaired) electrons.